The molecule has 0 atom stereocenters. The molecule has 0 aromatic rings. The quantitative estimate of drug-likeness (QED) is 0.198. The highest BCUT2D eigenvalue weighted by Crippen LogP contribution is 2.16. The van der Waals surface area contributed by atoms with Crippen LogP contribution in [0.15, 0.2) is 0 Å². The number of esters is 1. The van der Waals surface area contributed by atoms with Crippen molar-refractivity contribution in [2.24, 2.45) is 5.73 Å². The summed E-state index contributed by atoms with van der Waals surface area (Å²) >= 11 is 0. The van der Waals surface area contributed by atoms with Crippen LogP contribution in [-0.4, -0.2) is 30.1 Å². The Hall–Kier alpha value is -0.890. The molecule has 0 aliphatic carbocycles. The SMILES string of the molecule is CCCCCCCC(=O)OCCSSNC(=O)C(N)=O. The largest absolute Gasteiger partial charge is 0.465 e. The minimum atomic E-state index is -1.02. The van der Waals surface area contributed by atoms with Crippen molar-refractivity contribution in [1.82, 2.24) is 4.72 Å². The molecule has 0 radical (unpaired) electrons. The highest BCUT2D eigenvalue weighted by Gasteiger charge is 2.07. The first-order valence-corrected chi connectivity index (χ1v) is 8.93. The van der Waals surface area contributed by atoms with Crippen molar-refractivity contribution in [2.75, 3.05) is 12.4 Å². The van der Waals surface area contributed by atoms with E-state index in [1.807, 2.05) is 0 Å². The van der Waals surface area contributed by atoms with Crippen molar-refractivity contribution in [3.8, 4) is 0 Å². The molecule has 0 aliphatic rings. The number of hydrogen-bond acceptors (Lipinski definition) is 6. The van der Waals surface area contributed by atoms with Crippen LogP contribution in [0.4, 0.5) is 0 Å². The third-order valence-electron chi connectivity index (χ3n) is 2.33. The van der Waals surface area contributed by atoms with Gasteiger partial charge < -0.3 is 10.5 Å². The Balaban J connectivity index is 3.31. The predicted molar refractivity (Wildman–Crippen MR) is 81.7 cm³/mol. The standard InChI is InChI=1S/C12H22N2O4S2/c1-2-3-4-5-6-7-10(15)18-8-9-19-20-14-12(17)11(13)16/h2-9H2,1H3,(H2,13,16)(H,14,17). The first-order valence-electron chi connectivity index (χ1n) is 6.61. The molecule has 20 heavy (non-hydrogen) atoms. The molecule has 2 amide bonds. The molecule has 116 valence electrons. The van der Waals surface area contributed by atoms with Gasteiger partial charge in [-0.25, -0.2) is 0 Å². The van der Waals surface area contributed by atoms with E-state index in [0.29, 0.717) is 12.2 Å². The summed E-state index contributed by atoms with van der Waals surface area (Å²) in [4.78, 5) is 32.5. The van der Waals surface area contributed by atoms with Crippen LogP contribution >= 0.6 is 21.8 Å². The average Bonchev–Trinajstić information content (AvgIpc) is 2.42. The van der Waals surface area contributed by atoms with E-state index in [9.17, 15) is 14.4 Å². The van der Waals surface area contributed by atoms with Crippen LogP contribution in [0.25, 0.3) is 0 Å². The summed E-state index contributed by atoms with van der Waals surface area (Å²) in [6, 6.07) is 0. The van der Waals surface area contributed by atoms with Crippen LogP contribution in [0.1, 0.15) is 45.4 Å². The lowest BCUT2D eigenvalue weighted by Crippen LogP contribution is -2.31. The molecule has 6 nitrogen and oxygen atoms in total. The lowest BCUT2D eigenvalue weighted by atomic mass is 10.1. The van der Waals surface area contributed by atoms with Crippen molar-refractivity contribution in [3.05, 3.63) is 0 Å². The fourth-order valence-corrected chi connectivity index (χ4v) is 2.62. The summed E-state index contributed by atoms with van der Waals surface area (Å²) in [5, 5.41) is 0. The zero-order chi connectivity index (χ0) is 15.2. The van der Waals surface area contributed by atoms with Gasteiger partial charge in [0.1, 0.15) is 6.61 Å². The van der Waals surface area contributed by atoms with Gasteiger partial charge in [0.05, 0.1) is 0 Å². The van der Waals surface area contributed by atoms with Crippen LogP contribution in [0.5, 0.6) is 0 Å². The Labute approximate surface area is 127 Å². The lowest BCUT2D eigenvalue weighted by Gasteiger charge is -2.04. The van der Waals surface area contributed by atoms with E-state index in [4.69, 9.17) is 10.5 Å². The summed E-state index contributed by atoms with van der Waals surface area (Å²) in [6.45, 7) is 2.44. The minimum Gasteiger partial charge on any atom is -0.465 e. The van der Waals surface area contributed by atoms with Crippen molar-refractivity contribution in [3.63, 3.8) is 0 Å². The van der Waals surface area contributed by atoms with Gasteiger partial charge in [-0.15, -0.1) is 0 Å². The summed E-state index contributed by atoms with van der Waals surface area (Å²) in [6.07, 6.45) is 5.95. The first-order chi connectivity index (χ1) is 9.57. The maximum Gasteiger partial charge on any atom is 0.319 e. The third-order valence-corrected chi connectivity index (χ3v) is 4.15. The van der Waals surface area contributed by atoms with Crippen LogP contribution in [-0.2, 0) is 19.1 Å². The van der Waals surface area contributed by atoms with Gasteiger partial charge in [0.2, 0.25) is 0 Å². The van der Waals surface area contributed by atoms with E-state index in [0.717, 1.165) is 30.2 Å². The Morgan fingerprint density at radius 3 is 2.50 bits per heavy atom. The number of carbonyl (C=O) groups excluding carboxylic acids is 3. The van der Waals surface area contributed by atoms with E-state index in [-0.39, 0.29) is 12.6 Å². The second-order valence-corrected chi connectivity index (χ2v) is 6.31. The topological polar surface area (TPSA) is 98.5 Å². The third kappa shape index (κ3) is 12.2. The highest BCUT2D eigenvalue weighted by molar-refractivity contribution is 8.76. The molecule has 0 unspecified atom stereocenters. The summed E-state index contributed by atoms with van der Waals surface area (Å²) < 4.78 is 7.28. The number of rotatable bonds is 11. The smallest absolute Gasteiger partial charge is 0.319 e. The number of ether oxygens (including phenoxy) is 1. The van der Waals surface area contributed by atoms with Crippen LogP contribution in [0.2, 0.25) is 0 Å². The van der Waals surface area contributed by atoms with Crippen molar-refractivity contribution < 1.29 is 19.1 Å². The highest BCUT2D eigenvalue weighted by atomic mass is 33.1. The van der Waals surface area contributed by atoms with Crippen LogP contribution in [0, 0.1) is 0 Å². The molecule has 0 rings (SSSR count). The molecule has 0 spiro atoms. The van der Waals surface area contributed by atoms with Gasteiger partial charge in [0, 0.05) is 23.2 Å². The molecule has 0 aromatic carbocycles. The summed E-state index contributed by atoms with van der Waals surface area (Å²) in [5.41, 5.74) is 4.75. The Morgan fingerprint density at radius 1 is 1.15 bits per heavy atom. The zero-order valence-corrected chi connectivity index (χ0v) is 13.3. The molecule has 3 N–H and O–H groups in total. The van der Waals surface area contributed by atoms with Gasteiger partial charge in [-0.3, -0.25) is 19.1 Å². The van der Waals surface area contributed by atoms with E-state index < -0.39 is 11.8 Å². The van der Waals surface area contributed by atoms with Crippen molar-refractivity contribution >= 4 is 39.6 Å². The first kappa shape index (κ1) is 19.1. The molecule has 0 aromatic heterocycles. The number of nitrogens with one attached hydrogen (secondary N) is 1. The second kappa shape index (κ2) is 13.1. The van der Waals surface area contributed by atoms with Crippen molar-refractivity contribution in [2.45, 2.75) is 45.4 Å². The number of amides is 2. The maximum atomic E-state index is 11.3. The maximum absolute atomic E-state index is 11.3. The van der Waals surface area contributed by atoms with Gasteiger partial charge in [-0.05, 0) is 6.42 Å². The Kier molecular flexibility index (Phi) is 12.5. The van der Waals surface area contributed by atoms with Gasteiger partial charge in [-0.1, -0.05) is 43.4 Å². The fraction of sp³-hybridized carbons (Fsp3) is 0.750. The Morgan fingerprint density at radius 2 is 1.85 bits per heavy atom. The van der Waals surface area contributed by atoms with Crippen molar-refractivity contribution in [1.29, 1.82) is 0 Å². The number of hydrogen-bond donors (Lipinski definition) is 2. The summed E-state index contributed by atoms with van der Waals surface area (Å²) in [5.74, 6) is -1.52. The van der Waals surface area contributed by atoms with Gasteiger partial charge in [-0.2, -0.15) is 0 Å². The molecule has 0 saturated carbocycles. The predicted octanol–water partition coefficient (Wildman–Crippen LogP) is 1.79. The molecule has 0 aliphatic heterocycles. The van der Waals surface area contributed by atoms with E-state index in [1.165, 1.54) is 23.6 Å². The molecular formula is C12H22N2O4S2. The molecular weight excluding hydrogens is 300 g/mol. The van der Waals surface area contributed by atoms with E-state index in [1.54, 1.807) is 0 Å². The minimum absolute atomic E-state index is 0.187. The van der Waals surface area contributed by atoms with Crippen LogP contribution in [0.3, 0.4) is 0 Å². The Bertz CT molecular complexity index is 314. The molecule has 0 heterocycles. The molecule has 0 bridgehead atoms. The molecule has 8 heteroatoms. The van der Waals surface area contributed by atoms with Gasteiger partial charge in [0.15, 0.2) is 0 Å². The van der Waals surface area contributed by atoms with E-state index >= 15 is 0 Å². The number of primary amides is 1. The van der Waals surface area contributed by atoms with Gasteiger partial charge >= 0.3 is 17.8 Å². The number of carbonyl (C=O) groups is 3. The average molecular weight is 322 g/mol. The normalized spacial score (nSPS) is 10.1. The lowest BCUT2D eigenvalue weighted by molar-refractivity contribution is -0.143. The van der Waals surface area contributed by atoms with Crippen LogP contribution < -0.4 is 10.5 Å². The number of unbranched alkanes of at least 4 members (excludes halogenated alkanes) is 4. The summed E-state index contributed by atoms with van der Waals surface area (Å²) in [7, 11) is 2.27. The van der Waals surface area contributed by atoms with E-state index in [2.05, 4.69) is 11.6 Å². The molecule has 0 fully saturated rings. The van der Waals surface area contributed by atoms with Gasteiger partial charge in [0.25, 0.3) is 0 Å². The number of nitrogens with two attached hydrogens (primary N) is 1. The fourth-order valence-electron chi connectivity index (χ4n) is 1.29. The monoisotopic (exact) mass is 322 g/mol. The second-order valence-electron chi connectivity index (χ2n) is 4.09. The zero-order valence-electron chi connectivity index (χ0n) is 11.7. The molecule has 0 saturated heterocycles.